The Bertz CT molecular complexity index is 818. The largest absolute Gasteiger partial charge is 0.381 e. The molecule has 0 bridgehead atoms. The maximum atomic E-state index is 12.4. The van der Waals surface area contributed by atoms with E-state index in [-0.39, 0.29) is 11.7 Å². The van der Waals surface area contributed by atoms with E-state index in [0.717, 1.165) is 63.0 Å². The number of benzene rings is 1. The SMILES string of the molecule is [C-]#[N+]c1ccc2[nH]c(=O)n(C3CCN(C4CCOCC4)CC3)c2c1. The molecule has 1 aromatic heterocycles. The lowest BCUT2D eigenvalue weighted by molar-refractivity contribution is 0.0220. The van der Waals surface area contributed by atoms with E-state index in [9.17, 15) is 4.79 Å². The molecule has 1 aromatic carbocycles. The Hall–Kier alpha value is -2.10. The van der Waals surface area contributed by atoms with Gasteiger partial charge in [0.25, 0.3) is 0 Å². The van der Waals surface area contributed by atoms with E-state index in [2.05, 4.69) is 14.7 Å². The fourth-order valence-electron chi connectivity index (χ4n) is 4.10. The van der Waals surface area contributed by atoms with Crippen LogP contribution in [0, 0.1) is 6.57 Å². The summed E-state index contributed by atoms with van der Waals surface area (Å²) in [6.45, 7) is 11.0. The summed E-state index contributed by atoms with van der Waals surface area (Å²) in [4.78, 5) is 21.4. The number of ether oxygens (including phenoxy) is 1. The number of hydrogen-bond donors (Lipinski definition) is 1. The molecule has 0 unspecified atom stereocenters. The van der Waals surface area contributed by atoms with Crippen LogP contribution < -0.4 is 5.69 Å². The highest BCUT2D eigenvalue weighted by atomic mass is 16.5. The van der Waals surface area contributed by atoms with Gasteiger partial charge in [0.2, 0.25) is 0 Å². The van der Waals surface area contributed by atoms with Crippen molar-refractivity contribution in [3.05, 3.63) is 40.1 Å². The van der Waals surface area contributed by atoms with Crippen molar-refractivity contribution in [2.45, 2.75) is 37.8 Å². The van der Waals surface area contributed by atoms with E-state index < -0.39 is 0 Å². The summed E-state index contributed by atoms with van der Waals surface area (Å²) < 4.78 is 7.32. The van der Waals surface area contributed by atoms with Gasteiger partial charge in [-0.1, -0.05) is 6.07 Å². The number of nitrogens with zero attached hydrogens (tertiary/aromatic N) is 3. The van der Waals surface area contributed by atoms with Gasteiger partial charge in [0, 0.05) is 38.4 Å². The third-order valence-electron chi connectivity index (χ3n) is 5.40. The number of H-pyrrole nitrogens is 1. The summed E-state index contributed by atoms with van der Waals surface area (Å²) >= 11 is 0. The molecule has 3 heterocycles. The first-order chi connectivity index (χ1) is 11.8. The third-order valence-corrected chi connectivity index (χ3v) is 5.40. The van der Waals surface area contributed by atoms with Gasteiger partial charge in [-0.15, -0.1) is 0 Å². The minimum absolute atomic E-state index is 0.0587. The molecule has 0 amide bonds. The van der Waals surface area contributed by atoms with Gasteiger partial charge >= 0.3 is 5.69 Å². The summed E-state index contributed by atoms with van der Waals surface area (Å²) in [5.41, 5.74) is 2.20. The predicted molar refractivity (Wildman–Crippen MR) is 92.5 cm³/mol. The highest BCUT2D eigenvalue weighted by Gasteiger charge is 2.28. The van der Waals surface area contributed by atoms with Crippen LogP contribution in [0.2, 0.25) is 0 Å². The van der Waals surface area contributed by atoms with Crippen LogP contribution in [0.3, 0.4) is 0 Å². The Morgan fingerprint density at radius 3 is 2.58 bits per heavy atom. The van der Waals surface area contributed by atoms with Crippen LogP contribution in [0.25, 0.3) is 15.9 Å². The van der Waals surface area contributed by atoms with Crippen LogP contribution in [-0.4, -0.2) is 46.8 Å². The number of aromatic amines is 1. The molecule has 126 valence electrons. The molecule has 2 saturated heterocycles. The van der Waals surface area contributed by atoms with E-state index >= 15 is 0 Å². The molecule has 4 rings (SSSR count). The second-order valence-corrected chi connectivity index (χ2v) is 6.72. The fraction of sp³-hybridized carbons (Fsp3) is 0.556. The van der Waals surface area contributed by atoms with E-state index in [4.69, 9.17) is 11.3 Å². The molecule has 6 heteroatoms. The molecule has 1 N–H and O–H groups in total. The highest BCUT2D eigenvalue weighted by Crippen LogP contribution is 2.29. The Balaban J connectivity index is 1.55. The molecule has 0 radical (unpaired) electrons. The molecule has 0 spiro atoms. The maximum Gasteiger partial charge on any atom is 0.326 e. The predicted octanol–water partition coefficient (Wildman–Crippen LogP) is 2.70. The molecule has 2 aliphatic heterocycles. The van der Waals surface area contributed by atoms with Crippen molar-refractivity contribution in [3.63, 3.8) is 0 Å². The van der Waals surface area contributed by atoms with Crippen LogP contribution in [0.5, 0.6) is 0 Å². The topological polar surface area (TPSA) is 54.6 Å². The van der Waals surface area contributed by atoms with Crippen LogP contribution in [-0.2, 0) is 4.74 Å². The zero-order valence-corrected chi connectivity index (χ0v) is 13.7. The molecule has 0 atom stereocenters. The van der Waals surface area contributed by atoms with Crippen molar-refractivity contribution in [2.75, 3.05) is 26.3 Å². The molecular formula is C18H22N4O2. The summed E-state index contributed by atoms with van der Waals surface area (Å²) in [6.07, 6.45) is 4.19. The fourth-order valence-corrected chi connectivity index (χ4v) is 4.10. The summed E-state index contributed by atoms with van der Waals surface area (Å²) in [6, 6.07) is 6.25. The van der Waals surface area contributed by atoms with Crippen LogP contribution >= 0.6 is 0 Å². The third kappa shape index (κ3) is 2.74. The lowest BCUT2D eigenvalue weighted by Crippen LogP contribution is -2.45. The monoisotopic (exact) mass is 326 g/mol. The Morgan fingerprint density at radius 1 is 1.12 bits per heavy atom. The van der Waals surface area contributed by atoms with Crippen LogP contribution in [0.1, 0.15) is 31.7 Å². The second-order valence-electron chi connectivity index (χ2n) is 6.72. The van der Waals surface area contributed by atoms with Crippen molar-refractivity contribution < 1.29 is 4.74 Å². The van der Waals surface area contributed by atoms with Crippen molar-refractivity contribution in [1.82, 2.24) is 14.5 Å². The van der Waals surface area contributed by atoms with Gasteiger partial charge in [-0.25, -0.2) is 9.64 Å². The smallest absolute Gasteiger partial charge is 0.326 e. The molecule has 0 saturated carbocycles. The molecular weight excluding hydrogens is 304 g/mol. The summed E-state index contributed by atoms with van der Waals surface area (Å²) in [7, 11) is 0. The molecule has 24 heavy (non-hydrogen) atoms. The molecule has 0 aliphatic carbocycles. The molecule has 6 nitrogen and oxygen atoms in total. The lowest BCUT2D eigenvalue weighted by atomic mass is 9.99. The zero-order valence-electron chi connectivity index (χ0n) is 13.7. The van der Waals surface area contributed by atoms with Gasteiger partial charge in [-0.05, 0) is 37.8 Å². The first-order valence-corrected chi connectivity index (χ1v) is 8.70. The number of fused-ring (bicyclic) bond motifs is 1. The summed E-state index contributed by atoms with van der Waals surface area (Å²) in [5.74, 6) is 0. The van der Waals surface area contributed by atoms with Gasteiger partial charge < -0.3 is 14.6 Å². The van der Waals surface area contributed by atoms with Crippen LogP contribution in [0.4, 0.5) is 5.69 Å². The second kappa shape index (κ2) is 6.42. The number of imidazole rings is 1. The maximum absolute atomic E-state index is 12.4. The van der Waals surface area contributed by atoms with E-state index in [1.807, 2.05) is 16.7 Å². The Kier molecular flexibility index (Phi) is 4.13. The first kappa shape index (κ1) is 15.4. The molecule has 2 aliphatic rings. The summed E-state index contributed by atoms with van der Waals surface area (Å²) in [5, 5.41) is 0. The molecule has 2 aromatic rings. The van der Waals surface area contributed by atoms with Gasteiger partial charge in [0.05, 0.1) is 17.6 Å². The lowest BCUT2D eigenvalue weighted by Gasteiger charge is -2.39. The van der Waals surface area contributed by atoms with Gasteiger partial charge in [-0.3, -0.25) is 4.57 Å². The Labute approximate surface area is 140 Å². The first-order valence-electron chi connectivity index (χ1n) is 8.70. The quantitative estimate of drug-likeness (QED) is 0.863. The van der Waals surface area contributed by atoms with Crippen LogP contribution in [0.15, 0.2) is 23.0 Å². The van der Waals surface area contributed by atoms with E-state index in [1.54, 1.807) is 6.07 Å². The zero-order chi connectivity index (χ0) is 16.5. The highest BCUT2D eigenvalue weighted by molar-refractivity contribution is 5.79. The van der Waals surface area contributed by atoms with Crippen molar-refractivity contribution >= 4 is 16.7 Å². The number of rotatable bonds is 2. The minimum Gasteiger partial charge on any atom is -0.381 e. The number of hydrogen-bond acceptors (Lipinski definition) is 3. The number of nitrogens with one attached hydrogen (secondary N) is 1. The number of piperidine rings is 1. The standard InChI is InChI=1S/C18H22N4O2/c1-19-13-2-3-16-17(12-13)22(18(23)20-16)15-4-8-21(9-5-15)14-6-10-24-11-7-14/h2-3,12,14-15H,4-11H2,(H,20,23). The van der Waals surface area contributed by atoms with Gasteiger partial charge in [-0.2, -0.15) is 0 Å². The number of aromatic nitrogens is 2. The van der Waals surface area contributed by atoms with Gasteiger partial charge in [0.15, 0.2) is 5.69 Å². The molecule has 2 fully saturated rings. The Morgan fingerprint density at radius 2 is 1.88 bits per heavy atom. The van der Waals surface area contributed by atoms with E-state index in [1.165, 1.54) is 0 Å². The average Bonchev–Trinajstić information content (AvgIpc) is 2.97. The average molecular weight is 326 g/mol. The normalized spacial score (nSPS) is 21.1. The van der Waals surface area contributed by atoms with Crippen molar-refractivity contribution in [2.24, 2.45) is 0 Å². The number of likely N-dealkylation sites (tertiary alicyclic amines) is 1. The van der Waals surface area contributed by atoms with Gasteiger partial charge in [0.1, 0.15) is 0 Å². The van der Waals surface area contributed by atoms with Crippen molar-refractivity contribution in [1.29, 1.82) is 0 Å². The van der Waals surface area contributed by atoms with Crippen molar-refractivity contribution in [3.8, 4) is 0 Å². The van der Waals surface area contributed by atoms with E-state index in [0.29, 0.717) is 11.7 Å². The minimum atomic E-state index is -0.0587.